The molecule has 0 radical (unpaired) electrons. The van der Waals surface area contributed by atoms with Gasteiger partial charge in [0.05, 0.1) is 0 Å². The minimum absolute atomic E-state index is 0.995. The Morgan fingerprint density at radius 1 is 1.08 bits per heavy atom. The van der Waals surface area contributed by atoms with E-state index in [1.54, 1.807) is 0 Å². The van der Waals surface area contributed by atoms with E-state index in [-0.39, 0.29) is 0 Å². The fourth-order valence-corrected chi connectivity index (χ4v) is 2.57. The van der Waals surface area contributed by atoms with Gasteiger partial charge in [-0.1, -0.05) is 0 Å². The van der Waals surface area contributed by atoms with Crippen molar-refractivity contribution in [2.45, 2.75) is 64.5 Å². The van der Waals surface area contributed by atoms with Gasteiger partial charge >= 0.3 is 105 Å². The second kappa shape index (κ2) is 10.8. The average molecular weight is 331 g/mol. The summed E-state index contributed by atoms with van der Waals surface area (Å²) in [5.74, 6) is 0. The summed E-state index contributed by atoms with van der Waals surface area (Å²) < 4.78 is 1.17. The second-order valence-electron chi connectivity index (χ2n) is 3.56. The van der Waals surface area contributed by atoms with Gasteiger partial charge < -0.3 is 0 Å². The number of hydrogen-bond acceptors (Lipinski definition) is 0. The first-order chi connectivity index (χ1) is 5.81. The molecule has 0 aromatic rings. The Balaban J connectivity index is 2.90. The van der Waals surface area contributed by atoms with Crippen LogP contribution in [0.15, 0.2) is 0 Å². The molecule has 0 saturated carbocycles. The zero-order chi connectivity index (χ0) is 9.23. The molecule has 0 amide bonds. The van der Waals surface area contributed by atoms with Gasteiger partial charge in [0.1, 0.15) is 0 Å². The van der Waals surface area contributed by atoms with Crippen molar-refractivity contribution in [3.63, 3.8) is 0 Å². The normalized spacial score (nSPS) is 14.2. The number of hydrogen-bond donors (Lipinski definition) is 0. The molecule has 0 bridgehead atoms. The second-order valence-corrected chi connectivity index (χ2v) is 6.71. The Kier molecular flexibility index (Phi) is 12.4. The number of unbranched alkanes of at least 4 members (excludes halogenated alkanes) is 5. The monoisotopic (exact) mass is 331 g/mol. The van der Waals surface area contributed by atoms with Crippen LogP contribution in [0.2, 0.25) is 0 Å². The summed E-state index contributed by atoms with van der Waals surface area (Å²) in [7, 11) is 0. The molecule has 0 heterocycles. The van der Waals surface area contributed by atoms with Crippen LogP contribution in [0.25, 0.3) is 0 Å². The summed E-state index contributed by atoms with van der Waals surface area (Å²) in [6.07, 6.45) is 10.1. The molecular formula is C10H22GdP. The van der Waals surface area contributed by atoms with Crippen LogP contribution >= 0.6 is 3.62 Å². The fraction of sp³-hybridized carbons (Fsp3) is 1.00. The van der Waals surface area contributed by atoms with Crippen LogP contribution < -0.4 is 0 Å². The van der Waals surface area contributed by atoms with Crippen molar-refractivity contribution in [2.24, 2.45) is 0 Å². The molecular weight excluding hydrogens is 308 g/mol. The minimum atomic E-state index is 0.995. The summed E-state index contributed by atoms with van der Waals surface area (Å²) in [6.45, 7) is 4.67. The summed E-state index contributed by atoms with van der Waals surface area (Å²) in [4.78, 5) is 0. The molecule has 0 aliphatic carbocycles. The predicted octanol–water partition coefficient (Wildman–Crippen LogP) is 4.27. The molecule has 0 N–H and O–H groups in total. The zero-order valence-electron chi connectivity index (χ0n) is 8.38. The third-order valence-electron chi connectivity index (χ3n) is 2.16. The Labute approximate surface area is 104 Å². The van der Waals surface area contributed by atoms with Crippen molar-refractivity contribution in [1.82, 2.24) is 0 Å². The van der Waals surface area contributed by atoms with Crippen LogP contribution in [0.5, 0.6) is 0 Å². The standard InChI is InChI=1S/C10H22P.Gd/c1-3-4-5-6-7-8-9-10(2)11;/h10-11H,3-9H2,1-2H3;/q-1;+1. The van der Waals surface area contributed by atoms with E-state index in [1.165, 1.54) is 48.6 Å². The topological polar surface area (TPSA) is 0 Å². The predicted molar refractivity (Wildman–Crippen MR) is 55.8 cm³/mol. The molecule has 2 heteroatoms. The first-order valence-electron chi connectivity index (χ1n) is 5.16. The molecule has 2 atom stereocenters. The van der Waals surface area contributed by atoms with E-state index in [0.717, 1.165) is 5.66 Å². The molecule has 0 aromatic carbocycles. The molecule has 0 spiro atoms. The molecule has 2 unspecified atom stereocenters. The summed E-state index contributed by atoms with van der Waals surface area (Å²) in [5, 5.41) is 0. The van der Waals surface area contributed by atoms with Gasteiger partial charge in [0, 0.05) is 0 Å². The summed E-state index contributed by atoms with van der Waals surface area (Å²) in [5.41, 5.74) is 0.995. The Bertz CT molecular complexity index is 85.9. The Morgan fingerprint density at radius 3 is 2.25 bits per heavy atom. The van der Waals surface area contributed by atoms with Gasteiger partial charge in [-0.15, -0.1) is 0 Å². The first kappa shape index (κ1) is 13.8. The van der Waals surface area contributed by atoms with Gasteiger partial charge in [0.25, 0.3) is 0 Å². The van der Waals surface area contributed by atoms with Gasteiger partial charge in [-0.05, 0) is 0 Å². The van der Waals surface area contributed by atoms with Crippen molar-refractivity contribution in [1.29, 1.82) is 0 Å². The zero-order valence-corrected chi connectivity index (χ0v) is 11.6. The molecule has 0 rings (SSSR count). The Morgan fingerprint density at radius 2 is 1.67 bits per heavy atom. The van der Waals surface area contributed by atoms with E-state index < -0.39 is 0 Å². The van der Waals surface area contributed by atoms with Gasteiger partial charge in [-0.3, -0.25) is 0 Å². The van der Waals surface area contributed by atoms with Gasteiger partial charge in [-0.25, -0.2) is 0 Å². The molecule has 0 nitrogen and oxygen atoms in total. The van der Waals surface area contributed by atoms with Crippen molar-refractivity contribution < 1.29 is 37.1 Å². The third kappa shape index (κ3) is 9.84. The fourth-order valence-electron chi connectivity index (χ4n) is 1.28. The number of rotatable bonds is 8. The van der Waals surface area contributed by atoms with Crippen LogP contribution in [0, 0.1) is 37.1 Å². The molecule has 0 saturated heterocycles. The van der Waals surface area contributed by atoms with E-state index >= 15 is 0 Å². The summed E-state index contributed by atoms with van der Waals surface area (Å²) >= 11 is 2.14. The van der Waals surface area contributed by atoms with Crippen molar-refractivity contribution >= 4 is 3.62 Å². The van der Waals surface area contributed by atoms with E-state index in [4.69, 9.17) is 0 Å². The van der Waals surface area contributed by atoms with Crippen LogP contribution in [-0.4, -0.2) is 5.66 Å². The quantitative estimate of drug-likeness (QED) is 0.460. The van der Waals surface area contributed by atoms with Crippen LogP contribution in [0.1, 0.15) is 58.8 Å². The van der Waals surface area contributed by atoms with Gasteiger partial charge in [-0.2, -0.15) is 0 Å². The Hall–Kier alpha value is 1.75. The van der Waals surface area contributed by atoms with E-state index in [0.29, 0.717) is 0 Å². The van der Waals surface area contributed by atoms with E-state index in [9.17, 15) is 0 Å². The van der Waals surface area contributed by atoms with Gasteiger partial charge in [0.15, 0.2) is 0 Å². The van der Waals surface area contributed by atoms with Crippen LogP contribution in [-0.2, 0) is 0 Å². The molecule has 0 aliphatic heterocycles. The molecule has 0 fully saturated rings. The molecule has 0 aromatic heterocycles. The molecule has 75 valence electrons. The van der Waals surface area contributed by atoms with Crippen LogP contribution in [0.3, 0.4) is 0 Å². The SMILES string of the molecule is CCCCCCCCC(C)[PH][Gd]. The molecule has 12 heavy (non-hydrogen) atoms. The van der Waals surface area contributed by atoms with E-state index in [1.807, 2.05) is 0 Å². The summed E-state index contributed by atoms with van der Waals surface area (Å²) in [6, 6.07) is 0. The van der Waals surface area contributed by atoms with Crippen molar-refractivity contribution in [3.8, 4) is 0 Å². The van der Waals surface area contributed by atoms with Gasteiger partial charge in [0.2, 0.25) is 0 Å². The maximum atomic E-state index is 2.39. The maximum absolute atomic E-state index is 2.39. The molecule has 0 aliphatic rings. The first-order valence-corrected chi connectivity index (χ1v) is 9.49. The van der Waals surface area contributed by atoms with Crippen molar-refractivity contribution in [3.05, 3.63) is 0 Å². The average Bonchev–Trinajstić information content (AvgIpc) is 2.10. The third-order valence-corrected chi connectivity index (χ3v) is 6.16. The van der Waals surface area contributed by atoms with Crippen molar-refractivity contribution in [2.75, 3.05) is 0 Å². The van der Waals surface area contributed by atoms with Crippen LogP contribution in [0.4, 0.5) is 0 Å². The van der Waals surface area contributed by atoms with E-state index in [2.05, 4.69) is 51.0 Å².